The van der Waals surface area contributed by atoms with Crippen molar-refractivity contribution in [3.63, 3.8) is 0 Å². The van der Waals surface area contributed by atoms with Gasteiger partial charge >= 0.3 is 5.97 Å². The fraction of sp³-hybridized carbons (Fsp3) is 0.143. The highest BCUT2D eigenvalue weighted by Crippen LogP contribution is 2.41. The first-order valence-electron chi connectivity index (χ1n) is 10.5. The smallest absolute Gasteiger partial charge is 0.338 e. The molecule has 0 N–H and O–H groups in total. The third-order valence-corrected chi connectivity index (χ3v) is 5.20. The predicted molar refractivity (Wildman–Crippen MR) is 132 cm³/mol. The topological polar surface area (TPSA) is 71.1 Å². The second-order valence-electron chi connectivity index (χ2n) is 7.51. The van der Waals surface area contributed by atoms with Crippen molar-refractivity contribution in [2.75, 3.05) is 14.2 Å². The molecule has 0 radical (unpaired) electrons. The van der Waals surface area contributed by atoms with E-state index < -0.39 is 5.97 Å². The van der Waals surface area contributed by atoms with Crippen molar-refractivity contribution in [2.24, 2.45) is 0 Å². The highest BCUT2D eigenvalue weighted by Gasteiger charge is 2.20. The lowest BCUT2D eigenvalue weighted by Gasteiger charge is -2.18. The average Bonchev–Trinajstić information content (AvgIpc) is 2.85. The lowest BCUT2D eigenvalue weighted by atomic mass is 9.96. The van der Waals surface area contributed by atoms with Crippen molar-refractivity contribution < 1.29 is 28.5 Å². The fourth-order valence-electron chi connectivity index (χ4n) is 3.35. The van der Waals surface area contributed by atoms with Crippen molar-refractivity contribution in [3.8, 4) is 34.1 Å². The molecule has 0 heterocycles. The van der Waals surface area contributed by atoms with Crippen LogP contribution >= 0.6 is 0 Å². The van der Waals surface area contributed by atoms with E-state index in [9.17, 15) is 9.59 Å². The molecule has 0 atom stereocenters. The van der Waals surface area contributed by atoms with Crippen molar-refractivity contribution in [2.45, 2.75) is 13.8 Å². The summed E-state index contributed by atoms with van der Waals surface area (Å²) in [5, 5.41) is 0. The van der Waals surface area contributed by atoms with Gasteiger partial charge in [-0.05, 0) is 55.3 Å². The fourth-order valence-corrected chi connectivity index (χ4v) is 3.35. The van der Waals surface area contributed by atoms with Gasteiger partial charge in [-0.25, -0.2) is 4.79 Å². The van der Waals surface area contributed by atoms with Gasteiger partial charge in [0.15, 0.2) is 0 Å². The monoisotopic (exact) mass is 458 g/mol. The Morgan fingerprint density at radius 3 is 2.12 bits per heavy atom. The van der Waals surface area contributed by atoms with Gasteiger partial charge in [-0.15, -0.1) is 0 Å². The summed E-state index contributed by atoms with van der Waals surface area (Å²) in [4.78, 5) is 22.9. The molecule has 0 aliphatic carbocycles. The molecule has 0 aromatic heterocycles. The van der Waals surface area contributed by atoms with Crippen LogP contribution in [-0.4, -0.2) is 26.7 Å². The molecule has 3 aromatic rings. The van der Waals surface area contributed by atoms with Crippen LogP contribution in [-0.2, 0) is 9.59 Å². The van der Waals surface area contributed by atoms with Crippen LogP contribution in [0.25, 0.3) is 23.3 Å². The van der Waals surface area contributed by atoms with Crippen LogP contribution in [0.15, 0.2) is 66.7 Å². The van der Waals surface area contributed by atoms with E-state index >= 15 is 0 Å². The second kappa shape index (κ2) is 11.0. The number of benzene rings is 3. The highest BCUT2D eigenvalue weighted by molar-refractivity contribution is 5.92. The normalized spacial score (nSPS) is 10.6. The van der Waals surface area contributed by atoms with Crippen LogP contribution in [0.3, 0.4) is 0 Å². The van der Waals surface area contributed by atoms with E-state index in [2.05, 4.69) is 6.58 Å². The van der Waals surface area contributed by atoms with E-state index in [1.165, 1.54) is 0 Å². The van der Waals surface area contributed by atoms with Gasteiger partial charge in [0.05, 0.1) is 14.2 Å². The van der Waals surface area contributed by atoms with Gasteiger partial charge < -0.3 is 18.9 Å². The molecule has 0 fully saturated rings. The first-order valence-corrected chi connectivity index (χ1v) is 10.5. The summed E-state index contributed by atoms with van der Waals surface area (Å²) in [6.07, 6.45) is 3.78. The Kier molecular flexibility index (Phi) is 7.88. The number of methoxy groups -OCH3 is 2. The molecule has 0 saturated carbocycles. The largest absolute Gasteiger partial charge is 0.497 e. The van der Waals surface area contributed by atoms with Crippen LogP contribution in [0.5, 0.6) is 23.0 Å². The molecule has 0 unspecified atom stereocenters. The third-order valence-electron chi connectivity index (χ3n) is 5.20. The van der Waals surface area contributed by atoms with Crippen molar-refractivity contribution >= 4 is 24.6 Å². The predicted octanol–water partition coefficient (Wildman–Crippen LogP) is 5.87. The van der Waals surface area contributed by atoms with Crippen molar-refractivity contribution in [1.29, 1.82) is 0 Å². The van der Waals surface area contributed by atoms with Gasteiger partial charge in [0.25, 0.3) is 6.47 Å². The molecule has 6 nitrogen and oxygen atoms in total. The number of hydrogen-bond donors (Lipinski definition) is 0. The molecular formula is C28H26O6. The summed E-state index contributed by atoms with van der Waals surface area (Å²) in [7, 11) is 3.20. The van der Waals surface area contributed by atoms with E-state index in [1.807, 2.05) is 61.5 Å². The van der Waals surface area contributed by atoms with E-state index in [4.69, 9.17) is 18.9 Å². The lowest BCUT2D eigenvalue weighted by molar-refractivity contribution is -0.130. The summed E-state index contributed by atoms with van der Waals surface area (Å²) < 4.78 is 21.6. The molecule has 0 bridgehead atoms. The zero-order chi connectivity index (χ0) is 24.7. The Balaban J connectivity index is 2.11. The molecule has 174 valence electrons. The van der Waals surface area contributed by atoms with E-state index in [1.54, 1.807) is 33.3 Å². The number of esters is 1. The number of carbonyl (C=O) groups excluding carboxylic acids is 2. The van der Waals surface area contributed by atoms with Crippen LogP contribution in [0.1, 0.15) is 23.6 Å². The minimum Gasteiger partial charge on any atom is -0.497 e. The van der Waals surface area contributed by atoms with Gasteiger partial charge in [0.2, 0.25) is 0 Å². The van der Waals surface area contributed by atoms with E-state index in [0.29, 0.717) is 34.9 Å². The number of ether oxygens (including phenoxy) is 4. The number of carbonyl (C=O) groups is 2. The number of hydrogen-bond acceptors (Lipinski definition) is 6. The number of rotatable bonds is 9. The van der Waals surface area contributed by atoms with Crippen molar-refractivity contribution in [1.82, 2.24) is 0 Å². The molecular weight excluding hydrogens is 432 g/mol. The van der Waals surface area contributed by atoms with Gasteiger partial charge in [-0.1, -0.05) is 43.0 Å². The second-order valence-corrected chi connectivity index (χ2v) is 7.51. The van der Waals surface area contributed by atoms with Crippen LogP contribution in [0.2, 0.25) is 0 Å². The van der Waals surface area contributed by atoms with E-state index in [-0.39, 0.29) is 0 Å². The molecule has 0 aliphatic heterocycles. The molecule has 0 spiro atoms. The summed E-state index contributed by atoms with van der Waals surface area (Å²) in [5.74, 6) is 1.71. The maximum Gasteiger partial charge on any atom is 0.338 e. The van der Waals surface area contributed by atoms with Crippen LogP contribution in [0.4, 0.5) is 0 Å². The molecule has 0 aliphatic rings. The summed E-state index contributed by atoms with van der Waals surface area (Å²) in [5.41, 5.74) is 4.23. The summed E-state index contributed by atoms with van der Waals surface area (Å²) in [6.45, 7) is 7.56. The Morgan fingerprint density at radius 1 is 0.912 bits per heavy atom. The molecule has 34 heavy (non-hydrogen) atoms. The summed E-state index contributed by atoms with van der Waals surface area (Å²) >= 11 is 0. The Morgan fingerprint density at radius 2 is 1.56 bits per heavy atom. The van der Waals surface area contributed by atoms with Crippen LogP contribution in [0, 0.1) is 6.92 Å². The van der Waals surface area contributed by atoms with Crippen LogP contribution < -0.4 is 18.9 Å². The Labute approximate surface area is 199 Å². The molecule has 6 heteroatoms. The standard InChI is InChI=1S/C28H26O6/c1-18(2)28(30)34-27-19(3)24(15-8-20-6-11-23(12-7-20)33-17-29)26(32-5)16-25(27)21-9-13-22(31-4)14-10-21/h6-17H,1H2,2-5H3/b15-8+. The average molecular weight is 459 g/mol. The Bertz CT molecular complexity index is 1220. The highest BCUT2D eigenvalue weighted by atomic mass is 16.5. The minimum atomic E-state index is -0.510. The van der Waals surface area contributed by atoms with Gasteiger partial charge in [0, 0.05) is 22.3 Å². The molecule has 3 aromatic carbocycles. The molecule has 0 saturated heterocycles. The van der Waals surface area contributed by atoms with Gasteiger partial charge in [-0.3, -0.25) is 4.79 Å². The maximum absolute atomic E-state index is 12.5. The van der Waals surface area contributed by atoms with Gasteiger partial charge in [0.1, 0.15) is 23.0 Å². The molecule has 0 amide bonds. The first kappa shape index (κ1) is 24.3. The Hall–Kier alpha value is -4.32. The molecule has 3 rings (SSSR count). The summed E-state index contributed by atoms with van der Waals surface area (Å²) in [6, 6.07) is 16.4. The lowest BCUT2D eigenvalue weighted by Crippen LogP contribution is -2.11. The maximum atomic E-state index is 12.5. The van der Waals surface area contributed by atoms with Crippen molar-refractivity contribution in [3.05, 3.63) is 83.4 Å². The zero-order valence-electron chi connectivity index (χ0n) is 19.6. The van der Waals surface area contributed by atoms with E-state index in [0.717, 1.165) is 28.0 Å². The SMILES string of the molecule is C=C(C)C(=O)Oc1c(-c2ccc(OC)cc2)cc(OC)c(/C=C/c2ccc(OC=O)cc2)c1C. The quantitative estimate of drug-likeness (QED) is 0.131. The zero-order valence-corrected chi connectivity index (χ0v) is 19.6. The van der Waals surface area contributed by atoms with Gasteiger partial charge in [-0.2, -0.15) is 0 Å². The first-order chi connectivity index (χ1) is 16.4. The third kappa shape index (κ3) is 5.53. The minimum absolute atomic E-state index is 0.297.